The monoisotopic (exact) mass is 331 g/mol. The molecule has 1 N–H and O–H groups in total. The number of aromatic amines is 1. The molecule has 0 atom stereocenters. The van der Waals surface area contributed by atoms with Crippen LogP contribution in [0.5, 0.6) is 0 Å². The molecule has 6 nitrogen and oxygen atoms in total. The summed E-state index contributed by atoms with van der Waals surface area (Å²) in [6.45, 7) is 3.98. The molecule has 0 saturated heterocycles. The van der Waals surface area contributed by atoms with E-state index in [-0.39, 0.29) is 11.6 Å². The van der Waals surface area contributed by atoms with Crippen molar-refractivity contribution in [3.05, 3.63) is 69.9 Å². The predicted molar refractivity (Wildman–Crippen MR) is 97.8 cm³/mol. The number of rotatable bonds is 4. The lowest BCUT2D eigenvalue weighted by atomic mass is 10.1. The summed E-state index contributed by atoms with van der Waals surface area (Å²) in [4.78, 5) is 19.3. The van der Waals surface area contributed by atoms with E-state index in [1.165, 1.54) is 0 Å². The van der Waals surface area contributed by atoms with Gasteiger partial charge in [0.1, 0.15) is 11.2 Å². The Morgan fingerprint density at radius 3 is 2.60 bits per heavy atom. The Morgan fingerprint density at radius 2 is 1.92 bits per heavy atom. The van der Waals surface area contributed by atoms with Crippen molar-refractivity contribution in [2.75, 3.05) is 0 Å². The van der Waals surface area contributed by atoms with E-state index in [4.69, 9.17) is 5.26 Å². The van der Waals surface area contributed by atoms with E-state index in [9.17, 15) is 4.79 Å². The van der Waals surface area contributed by atoms with Gasteiger partial charge in [-0.25, -0.2) is 9.67 Å². The molecule has 3 aromatic rings. The third kappa shape index (κ3) is 3.56. The molecule has 2 aromatic heterocycles. The molecule has 0 amide bonds. The maximum atomic E-state index is 12.1. The van der Waals surface area contributed by atoms with Gasteiger partial charge in [0.25, 0.3) is 5.56 Å². The highest BCUT2D eigenvalue weighted by atomic mass is 16.1. The van der Waals surface area contributed by atoms with Crippen LogP contribution in [-0.2, 0) is 0 Å². The Hall–Kier alpha value is -3.46. The van der Waals surface area contributed by atoms with Gasteiger partial charge >= 0.3 is 0 Å². The predicted octanol–water partition coefficient (Wildman–Crippen LogP) is 3.30. The SMILES string of the molecule is CC(C)n1ncc2c(=O)[nH]c(C=CC=Cc3ccc(C#N)cc3)nc21. The molecule has 0 aliphatic rings. The Bertz CT molecular complexity index is 1050. The normalized spacial score (nSPS) is 11.8. The number of nitrogens with one attached hydrogen (secondary N) is 1. The quantitative estimate of drug-likeness (QED) is 0.743. The van der Waals surface area contributed by atoms with Crippen LogP contribution in [0.15, 0.2) is 47.4 Å². The molecule has 0 saturated carbocycles. The highest BCUT2D eigenvalue weighted by Gasteiger charge is 2.10. The van der Waals surface area contributed by atoms with Crippen LogP contribution in [0.4, 0.5) is 0 Å². The van der Waals surface area contributed by atoms with Crippen LogP contribution in [0, 0.1) is 11.3 Å². The summed E-state index contributed by atoms with van der Waals surface area (Å²) in [5, 5.41) is 13.5. The van der Waals surface area contributed by atoms with Crippen molar-refractivity contribution in [1.29, 1.82) is 5.26 Å². The number of allylic oxidation sites excluding steroid dienone is 2. The summed E-state index contributed by atoms with van der Waals surface area (Å²) in [6, 6.07) is 9.49. The molecule has 0 radical (unpaired) electrons. The van der Waals surface area contributed by atoms with Crippen molar-refractivity contribution < 1.29 is 0 Å². The van der Waals surface area contributed by atoms with Crippen LogP contribution < -0.4 is 5.56 Å². The molecule has 3 rings (SSSR count). The van der Waals surface area contributed by atoms with Crippen molar-refractivity contribution in [1.82, 2.24) is 19.7 Å². The second-order valence-electron chi connectivity index (χ2n) is 5.82. The molecular weight excluding hydrogens is 314 g/mol. The number of nitrogens with zero attached hydrogens (tertiary/aromatic N) is 4. The van der Waals surface area contributed by atoms with Crippen molar-refractivity contribution >= 4 is 23.2 Å². The maximum Gasteiger partial charge on any atom is 0.262 e. The van der Waals surface area contributed by atoms with Gasteiger partial charge in [0.15, 0.2) is 5.65 Å². The number of benzene rings is 1. The topological polar surface area (TPSA) is 87.4 Å². The first-order valence-electron chi connectivity index (χ1n) is 7.91. The minimum Gasteiger partial charge on any atom is -0.306 e. The number of aromatic nitrogens is 4. The number of hydrogen-bond acceptors (Lipinski definition) is 4. The zero-order valence-electron chi connectivity index (χ0n) is 14.0. The number of nitriles is 1. The molecule has 0 aliphatic heterocycles. The molecule has 124 valence electrons. The number of fused-ring (bicyclic) bond motifs is 1. The molecule has 6 heteroatoms. The van der Waals surface area contributed by atoms with E-state index in [0.717, 1.165) is 5.56 Å². The second-order valence-corrected chi connectivity index (χ2v) is 5.82. The van der Waals surface area contributed by atoms with Gasteiger partial charge < -0.3 is 4.98 Å². The van der Waals surface area contributed by atoms with Crippen molar-refractivity contribution in [2.45, 2.75) is 19.9 Å². The molecule has 0 aliphatic carbocycles. The minimum absolute atomic E-state index is 0.125. The molecule has 0 spiro atoms. The fourth-order valence-corrected chi connectivity index (χ4v) is 2.39. The van der Waals surface area contributed by atoms with E-state index in [1.807, 2.05) is 38.1 Å². The number of H-pyrrole nitrogens is 1. The van der Waals surface area contributed by atoms with Crippen LogP contribution in [0.25, 0.3) is 23.2 Å². The van der Waals surface area contributed by atoms with E-state index in [2.05, 4.69) is 21.1 Å². The van der Waals surface area contributed by atoms with Gasteiger partial charge in [-0.2, -0.15) is 10.4 Å². The third-order valence-electron chi connectivity index (χ3n) is 3.66. The van der Waals surface area contributed by atoms with Crippen LogP contribution >= 0.6 is 0 Å². The summed E-state index contributed by atoms with van der Waals surface area (Å²) in [7, 11) is 0. The molecule has 0 bridgehead atoms. The zero-order chi connectivity index (χ0) is 17.8. The van der Waals surface area contributed by atoms with Gasteiger partial charge in [0.2, 0.25) is 0 Å². The van der Waals surface area contributed by atoms with Gasteiger partial charge in [-0.15, -0.1) is 0 Å². The Labute approximate surface area is 144 Å². The minimum atomic E-state index is -0.201. The van der Waals surface area contributed by atoms with E-state index < -0.39 is 0 Å². The average molecular weight is 331 g/mol. The first-order chi connectivity index (χ1) is 12.1. The third-order valence-corrected chi connectivity index (χ3v) is 3.66. The van der Waals surface area contributed by atoms with E-state index >= 15 is 0 Å². The standard InChI is InChI=1S/C19H17N5O/c1-13(2)24-18-16(12-21-24)19(25)23-17(22-18)6-4-3-5-14-7-9-15(11-20)10-8-14/h3-10,12-13H,1-2H3,(H,22,23,25). The Morgan fingerprint density at radius 1 is 1.20 bits per heavy atom. The first-order valence-corrected chi connectivity index (χ1v) is 7.91. The lowest BCUT2D eigenvalue weighted by Gasteiger charge is -2.05. The Balaban J connectivity index is 1.83. The van der Waals surface area contributed by atoms with Crippen molar-refractivity contribution in [2.24, 2.45) is 0 Å². The smallest absolute Gasteiger partial charge is 0.262 e. The van der Waals surface area contributed by atoms with Gasteiger partial charge in [-0.1, -0.05) is 30.4 Å². The van der Waals surface area contributed by atoms with Gasteiger partial charge in [-0.05, 0) is 37.6 Å². The van der Waals surface area contributed by atoms with Crippen LogP contribution in [-0.4, -0.2) is 19.7 Å². The lowest BCUT2D eigenvalue weighted by Crippen LogP contribution is -2.11. The summed E-state index contributed by atoms with van der Waals surface area (Å²) < 4.78 is 1.73. The molecule has 25 heavy (non-hydrogen) atoms. The highest BCUT2D eigenvalue weighted by molar-refractivity contribution is 5.74. The lowest BCUT2D eigenvalue weighted by molar-refractivity contribution is 0.546. The molecule has 2 heterocycles. The Kier molecular flexibility index (Phi) is 4.57. The van der Waals surface area contributed by atoms with Gasteiger partial charge in [0.05, 0.1) is 17.8 Å². The molecule has 1 aromatic carbocycles. The fourth-order valence-electron chi connectivity index (χ4n) is 2.39. The summed E-state index contributed by atoms with van der Waals surface area (Å²) >= 11 is 0. The molecular formula is C19H17N5O. The van der Waals surface area contributed by atoms with Gasteiger partial charge in [-0.3, -0.25) is 4.79 Å². The van der Waals surface area contributed by atoms with Crippen LogP contribution in [0.3, 0.4) is 0 Å². The van der Waals surface area contributed by atoms with Crippen molar-refractivity contribution in [3.8, 4) is 6.07 Å². The van der Waals surface area contributed by atoms with Crippen molar-refractivity contribution in [3.63, 3.8) is 0 Å². The first kappa shape index (κ1) is 16.4. The summed E-state index contributed by atoms with van der Waals surface area (Å²) in [5.41, 5.74) is 1.99. The van der Waals surface area contributed by atoms with E-state index in [1.54, 1.807) is 35.2 Å². The largest absolute Gasteiger partial charge is 0.306 e. The van der Waals surface area contributed by atoms with Gasteiger partial charge in [0, 0.05) is 6.04 Å². The summed E-state index contributed by atoms with van der Waals surface area (Å²) in [5.74, 6) is 0.476. The maximum absolute atomic E-state index is 12.1. The zero-order valence-corrected chi connectivity index (χ0v) is 14.0. The molecule has 0 fully saturated rings. The fraction of sp³-hybridized carbons (Fsp3) is 0.158. The van der Waals surface area contributed by atoms with Crippen LogP contribution in [0.1, 0.15) is 36.8 Å². The highest BCUT2D eigenvalue weighted by Crippen LogP contribution is 2.12. The summed E-state index contributed by atoms with van der Waals surface area (Å²) in [6.07, 6.45) is 8.84. The number of hydrogen-bond donors (Lipinski definition) is 1. The van der Waals surface area contributed by atoms with E-state index in [0.29, 0.717) is 22.4 Å². The van der Waals surface area contributed by atoms with Crippen LogP contribution in [0.2, 0.25) is 0 Å². The molecule has 0 unspecified atom stereocenters. The second kappa shape index (κ2) is 6.97. The average Bonchev–Trinajstić information content (AvgIpc) is 3.04.